The summed E-state index contributed by atoms with van der Waals surface area (Å²) in [7, 11) is 0. The molecule has 0 heterocycles. The van der Waals surface area contributed by atoms with Crippen LogP contribution in [0.1, 0.15) is 20.8 Å². The van der Waals surface area contributed by atoms with Crippen LogP contribution in [0, 0.1) is 0 Å². The Labute approximate surface area is 192 Å². The van der Waals surface area contributed by atoms with Gasteiger partial charge < -0.3 is 48.9 Å². The van der Waals surface area contributed by atoms with Crippen molar-refractivity contribution in [3.05, 3.63) is 0 Å². The van der Waals surface area contributed by atoms with Gasteiger partial charge in [-0.15, -0.1) is 0 Å². The van der Waals surface area contributed by atoms with Crippen molar-refractivity contribution >= 4 is 6.09 Å². The zero-order chi connectivity index (χ0) is 23.9. The second kappa shape index (κ2) is 21.8. The third-order valence-electron chi connectivity index (χ3n) is 3.99. The zero-order valence-electron chi connectivity index (χ0n) is 20.1. The fourth-order valence-corrected chi connectivity index (χ4v) is 2.38. The van der Waals surface area contributed by atoms with Crippen molar-refractivity contribution in [3.8, 4) is 0 Å². The van der Waals surface area contributed by atoms with Crippen molar-refractivity contribution < 1.29 is 43.1 Å². The molecule has 11 nitrogen and oxygen atoms in total. The smallest absolute Gasteiger partial charge is 0.407 e. The van der Waals surface area contributed by atoms with Crippen LogP contribution in [0.3, 0.4) is 0 Å². The van der Waals surface area contributed by atoms with Crippen molar-refractivity contribution in [1.29, 1.82) is 0 Å². The molecule has 0 aliphatic rings. The molecule has 0 unspecified atom stereocenters. The molecule has 0 aliphatic carbocycles. The molecule has 0 aromatic heterocycles. The second-order valence-electron chi connectivity index (χ2n) is 7.68. The summed E-state index contributed by atoms with van der Waals surface area (Å²) in [5.74, 6) is 0. The molecule has 11 heteroatoms. The Kier molecular flexibility index (Phi) is 21.1. The SMILES string of the molecule is CC(C)(C)N(CCOCCOCCOCCOCCOCCOCCOCCN)C(=O)O. The molecule has 3 N–H and O–H groups in total. The maximum absolute atomic E-state index is 11.2. The van der Waals surface area contributed by atoms with Crippen molar-refractivity contribution in [2.24, 2.45) is 5.73 Å². The molecule has 0 bridgehead atoms. The fraction of sp³-hybridized carbons (Fsp3) is 0.952. The summed E-state index contributed by atoms with van der Waals surface area (Å²) in [6.07, 6.45) is -0.947. The number of carboxylic acid groups (broad SMARTS) is 1. The highest BCUT2D eigenvalue weighted by Crippen LogP contribution is 2.12. The summed E-state index contributed by atoms with van der Waals surface area (Å²) in [5, 5.41) is 9.19. The van der Waals surface area contributed by atoms with E-state index in [9.17, 15) is 9.90 Å². The van der Waals surface area contributed by atoms with Crippen LogP contribution in [0.4, 0.5) is 4.79 Å². The summed E-state index contributed by atoms with van der Waals surface area (Å²) in [4.78, 5) is 12.6. The number of rotatable bonds is 23. The number of amides is 1. The highest BCUT2D eigenvalue weighted by Gasteiger charge is 2.25. The molecule has 192 valence electrons. The van der Waals surface area contributed by atoms with Gasteiger partial charge in [0.25, 0.3) is 0 Å². The third-order valence-corrected chi connectivity index (χ3v) is 3.99. The fourth-order valence-electron chi connectivity index (χ4n) is 2.38. The Morgan fingerprint density at radius 1 is 0.625 bits per heavy atom. The lowest BCUT2D eigenvalue weighted by Crippen LogP contribution is -2.46. The lowest BCUT2D eigenvalue weighted by molar-refractivity contribution is -0.0212. The van der Waals surface area contributed by atoms with Gasteiger partial charge in [-0.1, -0.05) is 0 Å². The van der Waals surface area contributed by atoms with Gasteiger partial charge in [0, 0.05) is 18.6 Å². The van der Waals surface area contributed by atoms with E-state index < -0.39 is 11.6 Å². The number of hydrogen-bond donors (Lipinski definition) is 2. The van der Waals surface area contributed by atoms with Gasteiger partial charge in [0.15, 0.2) is 0 Å². The van der Waals surface area contributed by atoms with Gasteiger partial charge in [-0.2, -0.15) is 0 Å². The normalized spacial score (nSPS) is 11.8. The van der Waals surface area contributed by atoms with E-state index in [-0.39, 0.29) is 0 Å². The van der Waals surface area contributed by atoms with E-state index in [0.717, 1.165) is 0 Å². The second-order valence-corrected chi connectivity index (χ2v) is 7.68. The number of nitrogens with zero attached hydrogens (tertiary/aromatic N) is 1. The summed E-state index contributed by atoms with van der Waals surface area (Å²) in [5.41, 5.74) is 4.86. The molecular weight excluding hydrogens is 424 g/mol. The van der Waals surface area contributed by atoms with E-state index in [1.165, 1.54) is 4.90 Å². The molecule has 0 aliphatic heterocycles. The topological polar surface area (TPSA) is 131 Å². The maximum atomic E-state index is 11.2. The number of carbonyl (C=O) groups is 1. The molecule has 0 rings (SSSR count). The average molecular weight is 469 g/mol. The molecular formula is C21H44N2O9. The monoisotopic (exact) mass is 468 g/mol. The Bertz CT molecular complexity index is 423. The highest BCUT2D eigenvalue weighted by molar-refractivity contribution is 5.65. The minimum absolute atomic E-state index is 0.325. The Hall–Kier alpha value is -1.05. The van der Waals surface area contributed by atoms with Gasteiger partial charge in [0.2, 0.25) is 0 Å². The van der Waals surface area contributed by atoms with Crippen molar-refractivity contribution in [2.75, 3.05) is 106 Å². The van der Waals surface area contributed by atoms with E-state index in [1.807, 2.05) is 20.8 Å². The van der Waals surface area contributed by atoms with Crippen LogP contribution >= 0.6 is 0 Å². The average Bonchev–Trinajstić information content (AvgIpc) is 2.73. The summed E-state index contributed by atoms with van der Waals surface area (Å²) in [6, 6.07) is 0. The Morgan fingerprint density at radius 2 is 0.906 bits per heavy atom. The van der Waals surface area contributed by atoms with E-state index in [0.29, 0.717) is 106 Å². The first-order valence-corrected chi connectivity index (χ1v) is 11.1. The minimum Gasteiger partial charge on any atom is -0.465 e. The van der Waals surface area contributed by atoms with E-state index in [4.69, 9.17) is 38.9 Å². The summed E-state index contributed by atoms with van der Waals surface area (Å²) in [6.45, 7) is 13.2. The third kappa shape index (κ3) is 20.8. The number of nitrogens with two attached hydrogens (primary N) is 1. The van der Waals surface area contributed by atoms with Gasteiger partial charge in [-0.05, 0) is 20.8 Å². The van der Waals surface area contributed by atoms with E-state index in [1.54, 1.807) is 0 Å². The highest BCUT2D eigenvalue weighted by atomic mass is 16.6. The molecule has 0 aromatic rings. The molecule has 0 fully saturated rings. The number of ether oxygens (including phenoxy) is 7. The lowest BCUT2D eigenvalue weighted by atomic mass is 10.1. The van der Waals surface area contributed by atoms with Gasteiger partial charge in [-0.25, -0.2) is 4.79 Å². The first-order chi connectivity index (χ1) is 15.4. The number of hydrogen-bond acceptors (Lipinski definition) is 9. The van der Waals surface area contributed by atoms with Crippen LogP contribution in [0.5, 0.6) is 0 Å². The molecule has 0 saturated carbocycles. The van der Waals surface area contributed by atoms with Crippen molar-refractivity contribution in [1.82, 2.24) is 4.90 Å². The Morgan fingerprint density at radius 3 is 1.16 bits per heavy atom. The minimum atomic E-state index is -0.947. The van der Waals surface area contributed by atoms with Crippen LogP contribution in [-0.2, 0) is 33.2 Å². The molecule has 0 aromatic carbocycles. The lowest BCUT2D eigenvalue weighted by Gasteiger charge is -2.32. The zero-order valence-corrected chi connectivity index (χ0v) is 20.1. The van der Waals surface area contributed by atoms with Crippen LogP contribution in [0.15, 0.2) is 0 Å². The molecule has 0 saturated heterocycles. The predicted molar refractivity (Wildman–Crippen MR) is 119 cm³/mol. The molecule has 0 spiro atoms. The van der Waals surface area contributed by atoms with E-state index in [2.05, 4.69) is 0 Å². The first-order valence-electron chi connectivity index (χ1n) is 11.1. The summed E-state index contributed by atoms with van der Waals surface area (Å²) >= 11 is 0. The van der Waals surface area contributed by atoms with Crippen LogP contribution in [0.25, 0.3) is 0 Å². The standard InChI is InChI=1S/C21H44N2O9/c1-21(2,3)23(20(24)25)5-7-27-9-11-29-13-15-31-17-19-32-18-16-30-14-12-28-10-8-26-6-4-22/h4-19,22H2,1-3H3,(H,24,25). The van der Waals surface area contributed by atoms with Gasteiger partial charge in [0.05, 0.1) is 92.5 Å². The van der Waals surface area contributed by atoms with Crippen LogP contribution in [-0.4, -0.2) is 127 Å². The van der Waals surface area contributed by atoms with Gasteiger partial charge in [0.1, 0.15) is 0 Å². The largest absolute Gasteiger partial charge is 0.465 e. The van der Waals surface area contributed by atoms with Gasteiger partial charge >= 0.3 is 6.09 Å². The van der Waals surface area contributed by atoms with Gasteiger partial charge in [-0.3, -0.25) is 0 Å². The first kappa shape index (κ1) is 30.9. The van der Waals surface area contributed by atoms with Crippen molar-refractivity contribution in [2.45, 2.75) is 26.3 Å². The predicted octanol–water partition coefficient (Wildman–Crippen LogP) is 0.840. The molecule has 0 atom stereocenters. The van der Waals surface area contributed by atoms with E-state index >= 15 is 0 Å². The van der Waals surface area contributed by atoms with Crippen LogP contribution in [0.2, 0.25) is 0 Å². The quantitative estimate of drug-likeness (QED) is 0.208. The van der Waals surface area contributed by atoms with Crippen molar-refractivity contribution in [3.63, 3.8) is 0 Å². The molecule has 1 amide bonds. The Balaban J connectivity index is 3.22. The molecule has 0 radical (unpaired) electrons. The van der Waals surface area contributed by atoms with Crippen LogP contribution < -0.4 is 5.73 Å². The summed E-state index contributed by atoms with van der Waals surface area (Å²) < 4.78 is 37.6. The molecule has 32 heavy (non-hydrogen) atoms. The maximum Gasteiger partial charge on any atom is 0.407 e.